The van der Waals surface area contributed by atoms with Gasteiger partial charge in [-0.05, 0) is 31.1 Å². The minimum atomic E-state index is -0.763. The summed E-state index contributed by atoms with van der Waals surface area (Å²) in [4.78, 5) is 38.2. The lowest BCUT2D eigenvalue weighted by Crippen LogP contribution is -2.30. The zero-order chi connectivity index (χ0) is 49.6. The Labute approximate surface area is 425 Å². The normalized spacial score (nSPS) is 12.0. The van der Waals surface area contributed by atoms with Gasteiger partial charge in [-0.3, -0.25) is 14.4 Å². The largest absolute Gasteiger partial charge is 0.462 e. The lowest BCUT2D eigenvalue weighted by Gasteiger charge is -2.18. The van der Waals surface area contributed by atoms with Crippen LogP contribution in [0.1, 0.15) is 349 Å². The van der Waals surface area contributed by atoms with E-state index in [1.165, 1.54) is 238 Å². The Bertz CT molecular complexity index is 1040. The van der Waals surface area contributed by atoms with Crippen molar-refractivity contribution in [3.8, 4) is 0 Å². The van der Waals surface area contributed by atoms with E-state index < -0.39 is 6.10 Å². The molecule has 0 saturated heterocycles. The summed E-state index contributed by atoms with van der Waals surface area (Å²) in [6.07, 6.45) is 59.5. The summed E-state index contributed by atoms with van der Waals surface area (Å²) in [7, 11) is 0. The predicted molar refractivity (Wildman–Crippen MR) is 293 cm³/mol. The first-order chi connectivity index (χ1) is 33.2. The molecule has 0 aliphatic rings. The van der Waals surface area contributed by atoms with Crippen molar-refractivity contribution >= 4 is 17.9 Å². The van der Waals surface area contributed by atoms with Crippen LogP contribution >= 0.6 is 0 Å². The molecule has 0 spiro atoms. The third kappa shape index (κ3) is 55.3. The number of hydrogen-bond acceptors (Lipinski definition) is 6. The third-order valence-corrected chi connectivity index (χ3v) is 14.2. The van der Waals surface area contributed by atoms with Gasteiger partial charge in [0.15, 0.2) is 6.10 Å². The van der Waals surface area contributed by atoms with Gasteiger partial charge in [0.1, 0.15) is 13.2 Å². The second kappa shape index (κ2) is 54.7. The lowest BCUT2D eigenvalue weighted by atomic mass is 10.0. The molecule has 0 aliphatic carbocycles. The summed E-state index contributed by atoms with van der Waals surface area (Å²) < 4.78 is 16.9. The molecule has 0 saturated carbocycles. The summed E-state index contributed by atoms with van der Waals surface area (Å²) in [6, 6.07) is 0. The molecule has 0 radical (unpaired) electrons. The fourth-order valence-electron chi connectivity index (χ4n) is 9.58. The highest BCUT2D eigenvalue weighted by Crippen LogP contribution is 2.19. The van der Waals surface area contributed by atoms with Gasteiger partial charge in [0.2, 0.25) is 0 Å². The van der Waals surface area contributed by atoms with E-state index in [1.807, 2.05) is 0 Å². The molecular weight excluding hydrogens is 841 g/mol. The zero-order valence-corrected chi connectivity index (χ0v) is 46.7. The molecule has 0 amide bonds. The number of carbonyl (C=O) groups is 3. The monoisotopic (exact) mass is 961 g/mol. The highest BCUT2D eigenvalue weighted by molar-refractivity contribution is 5.71. The molecule has 0 aromatic heterocycles. The topological polar surface area (TPSA) is 78.9 Å². The Morgan fingerprint density at radius 3 is 0.721 bits per heavy atom. The van der Waals surface area contributed by atoms with Crippen molar-refractivity contribution in [2.24, 2.45) is 11.8 Å². The number of hydrogen-bond donors (Lipinski definition) is 0. The van der Waals surface area contributed by atoms with Crippen molar-refractivity contribution in [3.63, 3.8) is 0 Å². The SMILES string of the molecule is CCCCCCCCCCCCCCCCCCC(=O)OC[C@@H](COC(=O)CCCCCCCCCCCCCCCC(C)C)OC(=O)CCCCCCCCCCCCCCCCCC(C)C. The first kappa shape index (κ1) is 66.4. The highest BCUT2D eigenvalue weighted by Gasteiger charge is 2.19. The standard InChI is InChI=1S/C62H120O6/c1-6-7-8-9-10-11-12-13-14-17-22-27-32-37-42-47-52-60(63)66-55-59(56-67-61(64)53-48-43-38-33-28-24-19-21-26-31-36-41-46-51-58(4)5)68-62(65)54-49-44-39-34-29-23-18-15-16-20-25-30-35-40-45-50-57(2)3/h57-59H,6-56H2,1-5H3/t59-/m0/s1. The molecule has 0 aromatic rings. The number of unbranched alkanes of at least 4 members (excludes halogenated alkanes) is 41. The minimum Gasteiger partial charge on any atom is -0.462 e. The van der Waals surface area contributed by atoms with Crippen LogP contribution in [0.3, 0.4) is 0 Å². The van der Waals surface area contributed by atoms with Crippen LogP contribution in [0.4, 0.5) is 0 Å². The van der Waals surface area contributed by atoms with Crippen molar-refractivity contribution in [3.05, 3.63) is 0 Å². The fraction of sp³-hybridized carbons (Fsp3) is 0.952. The fourth-order valence-corrected chi connectivity index (χ4v) is 9.58. The molecule has 0 aromatic carbocycles. The predicted octanol–water partition coefficient (Wildman–Crippen LogP) is 20.4. The van der Waals surface area contributed by atoms with E-state index in [0.29, 0.717) is 19.3 Å². The molecule has 0 N–H and O–H groups in total. The average Bonchev–Trinajstić information content (AvgIpc) is 3.31. The van der Waals surface area contributed by atoms with E-state index in [0.717, 1.165) is 69.6 Å². The van der Waals surface area contributed by atoms with Gasteiger partial charge in [-0.2, -0.15) is 0 Å². The number of ether oxygens (including phenoxy) is 3. The van der Waals surface area contributed by atoms with Crippen LogP contribution in [0.25, 0.3) is 0 Å². The van der Waals surface area contributed by atoms with Crippen LogP contribution in [0, 0.1) is 11.8 Å². The van der Waals surface area contributed by atoms with Gasteiger partial charge < -0.3 is 14.2 Å². The van der Waals surface area contributed by atoms with Crippen molar-refractivity contribution in [1.29, 1.82) is 0 Å². The Morgan fingerprint density at radius 1 is 0.279 bits per heavy atom. The van der Waals surface area contributed by atoms with Crippen LogP contribution in [-0.2, 0) is 28.6 Å². The Kier molecular flexibility index (Phi) is 53.5. The molecule has 0 unspecified atom stereocenters. The molecular formula is C62H120O6. The lowest BCUT2D eigenvalue weighted by molar-refractivity contribution is -0.167. The average molecular weight is 962 g/mol. The quantitative estimate of drug-likeness (QED) is 0.0343. The molecule has 6 heteroatoms. The summed E-state index contributed by atoms with van der Waals surface area (Å²) in [5.41, 5.74) is 0. The Morgan fingerprint density at radius 2 is 0.485 bits per heavy atom. The van der Waals surface area contributed by atoms with Crippen molar-refractivity contribution in [2.75, 3.05) is 13.2 Å². The summed E-state index contributed by atoms with van der Waals surface area (Å²) in [6.45, 7) is 11.4. The van der Waals surface area contributed by atoms with Gasteiger partial charge in [0.25, 0.3) is 0 Å². The van der Waals surface area contributed by atoms with E-state index in [1.54, 1.807) is 0 Å². The molecule has 0 rings (SSSR count). The summed E-state index contributed by atoms with van der Waals surface area (Å²) in [5.74, 6) is 0.854. The minimum absolute atomic E-state index is 0.0621. The van der Waals surface area contributed by atoms with Gasteiger partial charge in [-0.1, -0.05) is 311 Å². The van der Waals surface area contributed by atoms with Gasteiger partial charge in [0, 0.05) is 19.3 Å². The van der Waals surface area contributed by atoms with Crippen LogP contribution < -0.4 is 0 Å². The number of esters is 3. The van der Waals surface area contributed by atoms with Crippen LogP contribution in [0.15, 0.2) is 0 Å². The van der Waals surface area contributed by atoms with Gasteiger partial charge in [-0.25, -0.2) is 0 Å². The maximum atomic E-state index is 12.9. The molecule has 6 nitrogen and oxygen atoms in total. The van der Waals surface area contributed by atoms with Gasteiger partial charge in [0.05, 0.1) is 0 Å². The maximum Gasteiger partial charge on any atom is 0.306 e. The smallest absolute Gasteiger partial charge is 0.306 e. The third-order valence-electron chi connectivity index (χ3n) is 14.2. The Balaban J connectivity index is 4.30. The Hall–Kier alpha value is -1.59. The number of rotatable bonds is 56. The molecule has 68 heavy (non-hydrogen) atoms. The number of carbonyl (C=O) groups excluding carboxylic acids is 3. The molecule has 0 heterocycles. The van der Waals surface area contributed by atoms with E-state index >= 15 is 0 Å². The van der Waals surface area contributed by atoms with Crippen LogP contribution in [-0.4, -0.2) is 37.2 Å². The van der Waals surface area contributed by atoms with Crippen LogP contribution in [0.2, 0.25) is 0 Å². The van der Waals surface area contributed by atoms with E-state index in [2.05, 4.69) is 34.6 Å². The van der Waals surface area contributed by atoms with Crippen molar-refractivity contribution in [1.82, 2.24) is 0 Å². The van der Waals surface area contributed by atoms with Gasteiger partial charge >= 0.3 is 17.9 Å². The van der Waals surface area contributed by atoms with E-state index in [9.17, 15) is 14.4 Å². The summed E-state index contributed by atoms with van der Waals surface area (Å²) >= 11 is 0. The van der Waals surface area contributed by atoms with Crippen molar-refractivity contribution < 1.29 is 28.6 Å². The highest BCUT2D eigenvalue weighted by atomic mass is 16.6. The first-order valence-corrected chi connectivity index (χ1v) is 30.7. The van der Waals surface area contributed by atoms with Crippen molar-refractivity contribution in [2.45, 2.75) is 355 Å². The molecule has 1 atom stereocenters. The molecule has 0 fully saturated rings. The zero-order valence-electron chi connectivity index (χ0n) is 46.7. The second-order valence-corrected chi connectivity index (χ2v) is 22.3. The first-order valence-electron chi connectivity index (χ1n) is 30.7. The molecule has 0 bridgehead atoms. The van der Waals surface area contributed by atoms with E-state index in [-0.39, 0.29) is 31.1 Å². The van der Waals surface area contributed by atoms with Crippen LogP contribution in [0.5, 0.6) is 0 Å². The summed E-state index contributed by atoms with van der Waals surface area (Å²) in [5, 5.41) is 0. The maximum absolute atomic E-state index is 12.9. The van der Waals surface area contributed by atoms with E-state index in [4.69, 9.17) is 14.2 Å². The molecule has 0 aliphatic heterocycles. The second-order valence-electron chi connectivity index (χ2n) is 22.3. The van der Waals surface area contributed by atoms with Gasteiger partial charge in [-0.15, -0.1) is 0 Å². The molecule has 404 valence electrons.